The highest BCUT2D eigenvalue weighted by molar-refractivity contribution is 9.10. The van der Waals surface area contributed by atoms with Crippen molar-refractivity contribution in [2.75, 3.05) is 6.61 Å². The summed E-state index contributed by atoms with van der Waals surface area (Å²) in [6, 6.07) is 21.3. The van der Waals surface area contributed by atoms with E-state index in [9.17, 15) is 9.59 Å². The van der Waals surface area contributed by atoms with Gasteiger partial charge in [0.2, 0.25) is 0 Å². The summed E-state index contributed by atoms with van der Waals surface area (Å²) >= 11 is 3.38. The van der Waals surface area contributed by atoms with Gasteiger partial charge in [0, 0.05) is 10.0 Å². The zero-order valence-electron chi connectivity index (χ0n) is 16.2. The molecule has 0 saturated heterocycles. The molecule has 0 saturated carbocycles. The predicted molar refractivity (Wildman–Crippen MR) is 118 cm³/mol. The first-order chi connectivity index (χ1) is 14.5. The van der Waals surface area contributed by atoms with Crippen LogP contribution in [0.1, 0.15) is 21.5 Å². The molecule has 1 amide bonds. The number of aryl methyl sites for hydroxylation is 1. The SMILES string of the molecule is Cc1ccccc1C(=O)Oc1ccc(Br)cc1C=NNC(=O)COc1ccccc1. The molecule has 30 heavy (non-hydrogen) atoms. The lowest BCUT2D eigenvalue weighted by Crippen LogP contribution is -2.24. The second kappa shape index (κ2) is 10.4. The van der Waals surface area contributed by atoms with Crippen molar-refractivity contribution in [1.29, 1.82) is 0 Å². The number of carbonyl (C=O) groups is 2. The smallest absolute Gasteiger partial charge is 0.343 e. The Morgan fingerprint density at radius 2 is 1.77 bits per heavy atom. The van der Waals surface area contributed by atoms with Gasteiger partial charge >= 0.3 is 5.97 Å². The molecular weight excluding hydrogens is 448 g/mol. The molecule has 3 aromatic carbocycles. The zero-order chi connectivity index (χ0) is 21.3. The summed E-state index contributed by atoms with van der Waals surface area (Å²) in [7, 11) is 0. The maximum atomic E-state index is 12.5. The summed E-state index contributed by atoms with van der Waals surface area (Å²) < 4.78 is 11.7. The number of amides is 1. The highest BCUT2D eigenvalue weighted by atomic mass is 79.9. The van der Waals surface area contributed by atoms with Crippen LogP contribution in [0.15, 0.2) is 82.4 Å². The number of rotatable bonds is 7. The summed E-state index contributed by atoms with van der Waals surface area (Å²) in [5.74, 6) is 0.0351. The minimum atomic E-state index is -0.467. The first kappa shape index (κ1) is 21.3. The standard InChI is InChI=1S/C23H19BrN2O4/c1-16-7-5-6-10-20(16)23(28)30-21-12-11-18(24)13-17(21)14-25-26-22(27)15-29-19-8-3-2-4-9-19/h2-14H,15H2,1H3,(H,26,27). The van der Waals surface area contributed by atoms with Crippen molar-refractivity contribution in [2.24, 2.45) is 5.10 Å². The topological polar surface area (TPSA) is 77.0 Å². The first-order valence-corrected chi connectivity index (χ1v) is 9.89. The fraction of sp³-hybridized carbons (Fsp3) is 0.0870. The lowest BCUT2D eigenvalue weighted by atomic mass is 10.1. The van der Waals surface area contributed by atoms with Gasteiger partial charge in [-0.25, -0.2) is 10.2 Å². The highest BCUT2D eigenvalue weighted by Crippen LogP contribution is 2.23. The number of hydrogen-bond donors (Lipinski definition) is 1. The number of ether oxygens (including phenoxy) is 2. The second-order valence-corrected chi connectivity index (χ2v) is 7.20. The van der Waals surface area contributed by atoms with E-state index in [1.54, 1.807) is 42.5 Å². The van der Waals surface area contributed by atoms with Crippen LogP contribution in [0.5, 0.6) is 11.5 Å². The molecule has 7 heteroatoms. The minimum Gasteiger partial charge on any atom is -0.484 e. The molecule has 0 fully saturated rings. The van der Waals surface area contributed by atoms with E-state index in [4.69, 9.17) is 9.47 Å². The molecule has 0 aliphatic rings. The molecule has 0 aliphatic carbocycles. The van der Waals surface area contributed by atoms with E-state index in [1.807, 2.05) is 37.3 Å². The number of benzene rings is 3. The van der Waals surface area contributed by atoms with Gasteiger partial charge < -0.3 is 9.47 Å². The van der Waals surface area contributed by atoms with Gasteiger partial charge in [-0.3, -0.25) is 4.79 Å². The van der Waals surface area contributed by atoms with Crippen LogP contribution in [-0.2, 0) is 4.79 Å². The van der Waals surface area contributed by atoms with Crippen LogP contribution >= 0.6 is 15.9 Å². The van der Waals surface area contributed by atoms with Gasteiger partial charge in [-0.2, -0.15) is 5.10 Å². The van der Waals surface area contributed by atoms with Gasteiger partial charge in [0.1, 0.15) is 11.5 Å². The van der Waals surface area contributed by atoms with Crippen LogP contribution in [-0.4, -0.2) is 24.7 Å². The lowest BCUT2D eigenvalue weighted by Gasteiger charge is -2.09. The molecule has 3 aromatic rings. The Morgan fingerprint density at radius 3 is 2.53 bits per heavy atom. The summed E-state index contributed by atoms with van der Waals surface area (Å²) in [6.07, 6.45) is 1.41. The Labute approximate surface area is 182 Å². The minimum absolute atomic E-state index is 0.172. The largest absolute Gasteiger partial charge is 0.484 e. The number of nitrogens with zero attached hydrogens (tertiary/aromatic N) is 1. The third-order valence-electron chi connectivity index (χ3n) is 4.05. The van der Waals surface area contributed by atoms with E-state index < -0.39 is 11.9 Å². The van der Waals surface area contributed by atoms with Gasteiger partial charge in [0.25, 0.3) is 5.91 Å². The van der Waals surface area contributed by atoms with E-state index in [1.165, 1.54) is 6.21 Å². The van der Waals surface area contributed by atoms with Crippen LogP contribution in [0, 0.1) is 6.92 Å². The molecule has 1 N–H and O–H groups in total. The molecule has 3 rings (SSSR count). The zero-order valence-corrected chi connectivity index (χ0v) is 17.8. The molecule has 0 unspecified atom stereocenters. The van der Waals surface area contributed by atoms with Crippen molar-refractivity contribution in [1.82, 2.24) is 5.43 Å². The van der Waals surface area contributed by atoms with Crippen molar-refractivity contribution in [3.63, 3.8) is 0 Å². The summed E-state index contributed by atoms with van der Waals surface area (Å²) in [5, 5.41) is 3.94. The van der Waals surface area contributed by atoms with Crippen LogP contribution in [0.4, 0.5) is 0 Å². The molecule has 6 nitrogen and oxygen atoms in total. The number of hydrazone groups is 1. The normalized spacial score (nSPS) is 10.6. The van der Waals surface area contributed by atoms with Crippen molar-refractivity contribution in [2.45, 2.75) is 6.92 Å². The maximum Gasteiger partial charge on any atom is 0.343 e. The summed E-state index contributed by atoms with van der Waals surface area (Å²) in [6.45, 7) is 1.67. The van der Waals surface area contributed by atoms with E-state index >= 15 is 0 Å². The highest BCUT2D eigenvalue weighted by Gasteiger charge is 2.13. The number of para-hydroxylation sites is 1. The molecule has 0 spiro atoms. The summed E-state index contributed by atoms with van der Waals surface area (Å²) in [4.78, 5) is 24.4. The average molecular weight is 467 g/mol. The number of carbonyl (C=O) groups excluding carboxylic acids is 2. The Hall–Kier alpha value is -3.45. The second-order valence-electron chi connectivity index (χ2n) is 6.28. The van der Waals surface area contributed by atoms with Gasteiger partial charge in [-0.05, 0) is 48.9 Å². The Morgan fingerprint density at radius 1 is 1.03 bits per heavy atom. The van der Waals surface area contributed by atoms with Crippen LogP contribution in [0.3, 0.4) is 0 Å². The van der Waals surface area contributed by atoms with Crippen LogP contribution in [0.25, 0.3) is 0 Å². The van der Waals surface area contributed by atoms with Crippen molar-refractivity contribution < 1.29 is 19.1 Å². The number of hydrogen-bond acceptors (Lipinski definition) is 5. The fourth-order valence-electron chi connectivity index (χ4n) is 2.54. The monoisotopic (exact) mass is 466 g/mol. The van der Waals surface area contributed by atoms with Gasteiger partial charge in [0.15, 0.2) is 6.61 Å². The molecule has 0 atom stereocenters. The Balaban J connectivity index is 1.64. The lowest BCUT2D eigenvalue weighted by molar-refractivity contribution is -0.123. The molecule has 0 radical (unpaired) electrons. The number of esters is 1. The van der Waals surface area contributed by atoms with Crippen LogP contribution in [0.2, 0.25) is 0 Å². The third kappa shape index (κ3) is 6.02. The van der Waals surface area contributed by atoms with E-state index in [2.05, 4.69) is 26.5 Å². The van der Waals surface area contributed by atoms with Gasteiger partial charge in [-0.1, -0.05) is 52.3 Å². The predicted octanol–water partition coefficient (Wildman–Crippen LogP) is 4.51. The molecule has 0 aliphatic heterocycles. The summed E-state index contributed by atoms with van der Waals surface area (Å²) in [5.41, 5.74) is 4.22. The molecule has 0 bridgehead atoms. The van der Waals surface area contributed by atoms with Crippen molar-refractivity contribution in [3.8, 4) is 11.5 Å². The molecular formula is C23H19BrN2O4. The van der Waals surface area contributed by atoms with Crippen LogP contribution < -0.4 is 14.9 Å². The van der Waals surface area contributed by atoms with Gasteiger partial charge in [0.05, 0.1) is 11.8 Å². The number of halogens is 1. The van der Waals surface area contributed by atoms with Gasteiger partial charge in [-0.15, -0.1) is 0 Å². The Bertz CT molecular complexity index is 1070. The van der Waals surface area contributed by atoms with E-state index in [-0.39, 0.29) is 6.61 Å². The molecule has 0 heterocycles. The maximum absolute atomic E-state index is 12.5. The fourth-order valence-corrected chi connectivity index (χ4v) is 2.92. The average Bonchev–Trinajstić information content (AvgIpc) is 2.75. The third-order valence-corrected chi connectivity index (χ3v) is 4.54. The molecule has 152 valence electrons. The molecule has 0 aromatic heterocycles. The van der Waals surface area contributed by atoms with E-state index in [0.29, 0.717) is 22.6 Å². The quantitative estimate of drug-likeness (QED) is 0.240. The first-order valence-electron chi connectivity index (χ1n) is 9.10. The van der Waals surface area contributed by atoms with E-state index in [0.717, 1.165) is 10.0 Å². The number of nitrogens with one attached hydrogen (secondary N) is 1. The van der Waals surface area contributed by atoms with Crippen molar-refractivity contribution >= 4 is 34.0 Å². The van der Waals surface area contributed by atoms with Crippen molar-refractivity contribution in [3.05, 3.63) is 94.0 Å². The Kier molecular flexibility index (Phi) is 7.34.